The van der Waals surface area contributed by atoms with Crippen LogP contribution in [0.3, 0.4) is 0 Å². The molecule has 152 valence electrons. The first kappa shape index (κ1) is 21.7. The van der Waals surface area contributed by atoms with Crippen LogP contribution < -0.4 is 4.74 Å². The molecule has 1 aliphatic heterocycles. The summed E-state index contributed by atoms with van der Waals surface area (Å²) in [5.74, 6) is 0.192. The first-order chi connectivity index (χ1) is 13.2. The molecule has 5 nitrogen and oxygen atoms in total. The highest BCUT2D eigenvalue weighted by molar-refractivity contribution is 5.66. The first-order valence-corrected chi connectivity index (χ1v) is 10.5. The number of carboxylic acids is 1. The van der Waals surface area contributed by atoms with E-state index in [-0.39, 0.29) is 12.5 Å². The van der Waals surface area contributed by atoms with Crippen molar-refractivity contribution in [1.82, 2.24) is 4.90 Å². The minimum absolute atomic E-state index is 0.0520. The van der Waals surface area contributed by atoms with Crippen molar-refractivity contribution < 1.29 is 19.4 Å². The predicted molar refractivity (Wildman–Crippen MR) is 107 cm³/mol. The second kappa shape index (κ2) is 12.7. The smallest absolute Gasteiger partial charge is 0.303 e. The number of ether oxygens (including phenoxy) is 2. The Morgan fingerprint density at radius 2 is 1.89 bits per heavy atom. The van der Waals surface area contributed by atoms with Gasteiger partial charge in [-0.05, 0) is 37.1 Å². The highest BCUT2D eigenvalue weighted by Crippen LogP contribution is 2.24. The summed E-state index contributed by atoms with van der Waals surface area (Å²) in [6, 6.07) is 8.22. The van der Waals surface area contributed by atoms with E-state index >= 15 is 0 Å². The zero-order chi connectivity index (χ0) is 19.3. The fourth-order valence-corrected chi connectivity index (χ4v) is 3.41. The molecule has 1 aromatic carbocycles. The third-order valence-corrected chi connectivity index (χ3v) is 5.03. The molecule has 0 saturated carbocycles. The maximum atomic E-state index is 10.7. The van der Waals surface area contributed by atoms with Gasteiger partial charge in [0, 0.05) is 19.5 Å². The largest absolute Gasteiger partial charge is 0.494 e. The van der Waals surface area contributed by atoms with Crippen LogP contribution >= 0.6 is 0 Å². The number of nitrogens with zero attached hydrogens (tertiary/aromatic N) is 1. The van der Waals surface area contributed by atoms with Crippen molar-refractivity contribution in [2.75, 3.05) is 32.8 Å². The van der Waals surface area contributed by atoms with Gasteiger partial charge in [-0.15, -0.1) is 0 Å². The molecule has 1 aromatic rings. The zero-order valence-corrected chi connectivity index (χ0v) is 16.7. The number of hydrogen-bond acceptors (Lipinski definition) is 4. The van der Waals surface area contributed by atoms with Gasteiger partial charge < -0.3 is 14.6 Å². The van der Waals surface area contributed by atoms with Gasteiger partial charge in [0.2, 0.25) is 0 Å². The first-order valence-electron chi connectivity index (χ1n) is 10.5. The van der Waals surface area contributed by atoms with Crippen molar-refractivity contribution in [2.45, 2.75) is 64.4 Å². The molecule has 0 amide bonds. The fraction of sp³-hybridized carbons (Fsp3) is 0.682. The molecule has 1 heterocycles. The van der Waals surface area contributed by atoms with Crippen LogP contribution in [0.5, 0.6) is 5.75 Å². The Morgan fingerprint density at radius 1 is 1.15 bits per heavy atom. The molecule has 1 N–H and O–H groups in total. The summed E-state index contributed by atoms with van der Waals surface area (Å²) in [5, 5.41) is 8.77. The van der Waals surface area contributed by atoms with E-state index in [0.29, 0.717) is 13.0 Å². The molecular weight excluding hydrogens is 342 g/mol. The molecule has 5 heteroatoms. The number of aliphatic carboxylic acids is 1. The molecule has 0 aromatic heterocycles. The SMILES string of the molecule is CCCCCCCCOc1ccc(C2CN(CCCC(=O)O)CCO2)cc1. The minimum Gasteiger partial charge on any atom is -0.494 e. The van der Waals surface area contributed by atoms with Gasteiger partial charge in [-0.2, -0.15) is 0 Å². The van der Waals surface area contributed by atoms with Crippen molar-refractivity contribution in [3.8, 4) is 5.75 Å². The number of hydrogen-bond donors (Lipinski definition) is 1. The molecule has 0 bridgehead atoms. The van der Waals surface area contributed by atoms with Crippen LogP contribution in [0.2, 0.25) is 0 Å². The second-order valence-electron chi connectivity index (χ2n) is 7.34. The number of benzene rings is 1. The van der Waals surface area contributed by atoms with E-state index in [0.717, 1.165) is 44.0 Å². The summed E-state index contributed by atoms with van der Waals surface area (Å²) in [4.78, 5) is 12.9. The minimum atomic E-state index is -0.726. The zero-order valence-electron chi connectivity index (χ0n) is 16.7. The van der Waals surface area contributed by atoms with E-state index < -0.39 is 5.97 Å². The van der Waals surface area contributed by atoms with Crippen molar-refractivity contribution in [3.63, 3.8) is 0 Å². The summed E-state index contributed by atoms with van der Waals surface area (Å²) in [5.41, 5.74) is 1.16. The molecular formula is C22H35NO4. The van der Waals surface area contributed by atoms with E-state index in [1.165, 1.54) is 32.1 Å². The lowest BCUT2D eigenvalue weighted by Crippen LogP contribution is -2.38. The van der Waals surface area contributed by atoms with E-state index in [2.05, 4.69) is 24.0 Å². The molecule has 1 unspecified atom stereocenters. The van der Waals surface area contributed by atoms with Crippen LogP contribution in [0.25, 0.3) is 0 Å². The number of rotatable bonds is 13. The fourth-order valence-electron chi connectivity index (χ4n) is 3.41. The van der Waals surface area contributed by atoms with Gasteiger partial charge in [0.15, 0.2) is 0 Å². The third-order valence-electron chi connectivity index (χ3n) is 5.03. The van der Waals surface area contributed by atoms with E-state index in [1.807, 2.05) is 12.1 Å². The number of carboxylic acid groups (broad SMARTS) is 1. The van der Waals surface area contributed by atoms with Crippen LogP contribution in [0.15, 0.2) is 24.3 Å². The quantitative estimate of drug-likeness (QED) is 0.507. The lowest BCUT2D eigenvalue weighted by Gasteiger charge is -2.33. The van der Waals surface area contributed by atoms with Gasteiger partial charge in [0.05, 0.1) is 19.3 Å². The molecule has 0 radical (unpaired) electrons. The molecule has 2 rings (SSSR count). The van der Waals surface area contributed by atoms with Crippen molar-refractivity contribution in [2.24, 2.45) is 0 Å². The Balaban J connectivity index is 1.68. The number of morpholine rings is 1. The van der Waals surface area contributed by atoms with E-state index in [1.54, 1.807) is 0 Å². The molecule has 1 atom stereocenters. The van der Waals surface area contributed by atoms with Gasteiger partial charge in [-0.1, -0.05) is 51.2 Å². The van der Waals surface area contributed by atoms with Crippen LogP contribution in [0.4, 0.5) is 0 Å². The maximum absolute atomic E-state index is 10.7. The van der Waals surface area contributed by atoms with Crippen LogP contribution in [0, 0.1) is 0 Å². The average molecular weight is 378 g/mol. The molecule has 0 spiro atoms. The normalized spacial score (nSPS) is 17.7. The average Bonchev–Trinajstić information content (AvgIpc) is 2.68. The summed E-state index contributed by atoms with van der Waals surface area (Å²) in [6.45, 7) is 6.21. The highest BCUT2D eigenvalue weighted by Gasteiger charge is 2.21. The monoisotopic (exact) mass is 377 g/mol. The molecule has 27 heavy (non-hydrogen) atoms. The Morgan fingerprint density at radius 3 is 2.63 bits per heavy atom. The Kier molecular flexibility index (Phi) is 10.2. The van der Waals surface area contributed by atoms with Crippen LogP contribution in [0.1, 0.15) is 70.0 Å². The molecule has 0 aliphatic carbocycles. The summed E-state index contributed by atoms with van der Waals surface area (Å²) in [6.07, 6.45) is 8.58. The Labute approximate surface area is 163 Å². The van der Waals surface area contributed by atoms with Gasteiger partial charge in [0.25, 0.3) is 0 Å². The molecule has 1 saturated heterocycles. The van der Waals surface area contributed by atoms with E-state index in [4.69, 9.17) is 14.6 Å². The Hall–Kier alpha value is -1.59. The van der Waals surface area contributed by atoms with Crippen molar-refractivity contribution in [1.29, 1.82) is 0 Å². The number of unbranched alkanes of at least 4 members (excludes halogenated alkanes) is 5. The topological polar surface area (TPSA) is 59.0 Å². The van der Waals surface area contributed by atoms with Crippen LogP contribution in [-0.4, -0.2) is 48.8 Å². The number of carbonyl (C=O) groups is 1. The maximum Gasteiger partial charge on any atom is 0.303 e. The lowest BCUT2D eigenvalue weighted by atomic mass is 10.1. The van der Waals surface area contributed by atoms with Crippen molar-refractivity contribution >= 4 is 5.97 Å². The van der Waals surface area contributed by atoms with Gasteiger partial charge >= 0.3 is 5.97 Å². The van der Waals surface area contributed by atoms with Gasteiger partial charge in [-0.3, -0.25) is 9.69 Å². The predicted octanol–water partition coefficient (Wildman–Crippen LogP) is 4.66. The standard InChI is InChI=1S/C22H35NO4/c1-2-3-4-5-6-7-16-26-20-12-10-19(11-13-20)21-18-23(15-17-27-21)14-8-9-22(24)25/h10-13,21H,2-9,14-18H2,1H3,(H,24,25). The van der Waals surface area contributed by atoms with Crippen LogP contribution in [-0.2, 0) is 9.53 Å². The summed E-state index contributed by atoms with van der Waals surface area (Å²) in [7, 11) is 0. The summed E-state index contributed by atoms with van der Waals surface area (Å²) < 4.78 is 11.8. The van der Waals surface area contributed by atoms with Gasteiger partial charge in [-0.25, -0.2) is 0 Å². The third kappa shape index (κ3) is 8.76. The Bertz CT molecular complexity index is 532. The second-order valence-corrected chi connectivity index (χ2v) is 7.34. The van der Waals surface area contributed by atoms with E-state index in [9.17, 15) is 4.79 Å². The summed E-state index contributed by atoms with van der Waals surface area (Å²) >= 11 is 0. The lowest BCUT2D eigenvalue weighted by molar-refractivity contribution is -0.137. The van der Waals surface area contributed by atoms with Gasteiger partial charge in [0.1, 0.15) is 5.75 Å². The highest BCUT2D eigenvalue weighted by atomic mass is 16.5. The molecule has 1 fully saturated rings. The van der Waals surface area contributed by atoms with Crippen molar-refractivity contribution in [3.05, 3.63) is 29.8 Å². The molecule has 1 aliphatic rings.